The van der Waals surface area contributed by atoms with Gasteiger partial charge in [-0.05, 0) is 49.9 Å². The molecule has 0 saturated carbocycles. The first kappa shape index (κ1) is 21.4. The van der Waals surface area contributed by atoms with Crippen LogP contribution in [0.5, 0.6) is 0 Å². The summed E-state index contributed by atoms with van der Waals surface area (Å²) in [5, 5.41) is 8.91. The molecule has 27 heavy (non-hydrogen) atoms. The van der Waals surface area contributed by atoms with Crippen molar-refractivity contribution in [1.82, 2.24) is 9.21 Å². The van der Waals surface area contributed by atoms with Crippen LogP contribution in [0.3, 0.4) is 0 Å². The van der Waals surface area contributed by atoms with Crippen LogP contribution in [0.1, 0.15) is 56.3 Å². The van der Waals surface area contributed by atoms with Crippen LogP contribution < -0.4 is 0 Å². The van der Waals surface area contributed by atoms with E-state index >= 15 is 0 Å². The molecule has 1 aromatic carbocycles. The number of hydrogen-bond acceptors (Lipinski definition) is 4. The molecule has 1 aliphatic heterocycles. The molecule has 2 rings (SSSR count). The minimum atomic E-state index is -3.55. The molecule has 0 aromatic heterocycles. The van der Waals surface area contributed by atoms with Gasteiger partial charge in [-0.15, -0.1) is 0 Å². The van der Waals surface area contributed by atoms with E-state index in [2.05, 4.69) is 0 Å². The van der Waals surface area contributed by atoms with Gasteiger partial charge in [-0.2, -0.15) is 4.31 Å². The van der Waals surface area contributed by atoms with Crippen LogP contribution in [0.25, 0.3) is 0 Å². The molecule has 0 spiro atoms. The zero-order valence-electron chi connectivity index (χ0n) is 15.9. The van der Waals surface area contributed by atoms with E-state index in [-0.39, 0.29) is 23.3 Å². The Balaban J connectivity index is 2.17. The molecule has 1 saturated heterocycles. The van der Waals surface area contributed by atoms with E-state index in [4.69, 9.17) is 5.11 Å². The molecule has 1 aromatic rings. The molecule has 1 unspecified atom stereocenters. The predicted octanol–water partition coefficient (Wildman–Crippen LogP) is 2.58. The normalized spacial score (nSPS) is 17.9. The number of carbonyl (C=O) groups is 2. The maximum absolute atomic E-state index is 12.9. The number of nitrogens with zero attached hydrogens (tertiary/aromatic N) is 2. The standard InChI is InChI=1S/C19H28N2O5S/c1-3-20(4-2)27(25,26)17-11-8-15(9-12-17)19(24)21-14-6-5-7-16(21)10-13-18(22)23/h8-9,11-12,16H,3-7,10,13-14H2,1-2H3,(H,22,23). The second kappa shape index (κ2) is 9.32. The number of likely N-dealkylation sites (tertiary alicyclic amines) is 1. The van der Waals surface area contributed by atoms with E-state index in [1.54, 1.807) is 30.9 Å². The number of carbonyl (C=O) groups excluding carboxylic acids is 1. The van der Waals surface area contributed by atoms with Gasteiger partial charge >= 0.3 is 5.97 Å². The number of carboxylic acid groups (broad SMARTS) is 1. The first-order chi connectivity index (χ1) is 12.8. The van der Waals surface area contributed by atoms with E-state index in [9.17, 15) is 18.0 Å². The molecule has 150 valence electrons. The van der Waals surface area contributed by atoms with Crippen molar-refractivity contribution in [1.29, 1.82) is 0 Å². The van der Waals surface area contributed by atoms with Gasteiger partial charge in [0.15, 0.2) is 0 Å². The topological polar surface area (TPSA) is 95.0 Å². The zero-order chi connectivity index (χ0) is 20.0. The third kappa shape index (κ3) is 5.07. The summed E-state index contributed by atoms with van der Waals surface area (Å²) in [5.41, 5.74) is 0.427. The molecule has 1 fully saturated rings. The lowest BCUT2D eigenvalue weighted by atomic mass is 9.97. The highest BCUT2D eigenvalue weighted by atomic mass is 32.2. The average Bonchev–Trinajstić information content (AvgIpc) is 2.67. The number of aliphatic carboxylic acids is 1. The van der Waals surface area contributed by atoms with Gasteiger partial charge in [0, 0.05) is 37.7 Å². The second-order valence-electron chi connectivity index (χ2n) is 6.69. The van der Waals surface area contributed by atoms with Gasteiger partial charge in [0.25, 0.3) is 5.91 Å². The largest absolute Gasteiger partial charge is 0.481 e. The number of sulfonamides is 1. The molecule has 0 aliphatic carbocycles. The van der Waals surface area contributed by atoms with Crippen molar-refractivity contribution in [3.63, 3.8) is 0 Å². The van der Waals surface area contributed by atoms with E-state index in [1.165, 1.54) is 16.4 Å². The zero-order valence-corrected chi connectivity index (χ0v) is 16.7. The molecule has 1 N–H and O–H groups in total. The van der Waals surface area contributed by atoms with Crippen molar-refractivity contribution in [3.05, 3.63) is 29.8 Å². The highest BCUT2D eigenvalue weighted by Gasteiger charge is 2.28. The Labute approximate surface area is 161 Å². The average molecular weight is 397 g/mol. The Hall–Kier alpha value is -1.93. The summed E-state index contributed by atoms with van der Waals surface area (Å²) in [6.45, 7) is 4.94. The van der Waals surface area contributed by atoms with E-state index in [0.29, 0.717) is 31.6 Å². The van der Waals surface area contributed by atoms with Gasteiger partial charge in [-0.1, -0.05) is 13.8 Å². The fourth-order valence-corrected chi connectivity index (χ4v) is 4.96. The maximum atomic E-state index is 12.9. The summed E-state index contributed by atoms with van der Waals surface area (Å²) in [7, 11) is -3.55. The van der Waals surface area contributed by atoms with Gasteiger partial charge in [0.2, 0.25) is 10.0 Å². The number of piperidine rings is 1. The van der Waals surface area contributed by atoms with Crippen molar-refractivity contribution >= 4 is 21.9 Å². The van der Waals surface area contributed by atoms with E-state index in [1.807, 2.05) is 0 Å². The maximum Gasteiger partial charge on any atom is 0.303 e. The molecule has 8 heteroatoms. The molecular formula is C19H28N2O5S. The second-order valence-corrected chi connectivity index (χ2v) is 8.63. The Morgan fingerprint density at radius 1 is 1.15 bits per heavy atom. The molecule has 7 nitrogen and oxygen atoms in total. The minimum absolute atomic E-state index is 0.0372. The first-order valence-electron chi connectivity index (χ1n) is 9.44. The quantitative estimate of drug-likeness (QED) is 0.729. The lowest BCUT2D eigenvalue weighted by Crippen LogP contribution is -2.44. The molecule has 1 atom stereocenters. The number of carboxylic acids is 1. The van der Waals surface area contributed by atoms with Crippen molar-refractivity contribution in [2.24, 2.45) is 0 Å². The third-order valence-electron chi connectivity index (χ3n) is 5.02. The van der Waals surface area contributed by atoms with Gasteiger partial charge < -0.3 is 10.0 Å². The molecule has 0 radical (unpaired) electrons. The van der Waals surface area contributed by atoms with Crippen molar-refractivity contribution < 1.29 is 23.1 Å². The summed E-state index contributed by atoms with van der Waals surface area (Å²) in [6, 6.07) is 5.94. The molecule has 1 amide bonds. The lowest BCUT2D eigenvalue weighted by molar-refractivity contribution is -0.137. The molecule has 0 bridgehead atoms. The lowest BCUT2D eigenvalue weighted by Gasteiger charge is -2.35. The summed E-state index contributed by atoms with van der Waals surface area (Å²) < 4.78 is 26.5. The first-order valence-corrected chi connectivity index (χ1v) is 10.9. The predicted molar refractivity (Wildman–Crippen MR) is 102 cm³/mol. The Bertz CT molecular complexity index is 757. The number of rotatable bonds is 8. The van der Waals surface area contributed by atoms with Crippen LogP contribution >= 0.6 is 0 Å². The van der Waals surface area contributed by atoms with Crippen LogP contribution in [-0.2, 0) is 14.8 Å². The Morgan fingerprint density at radius 3 is 2.33 bits per heavy atom. The van der Waals surface area contributed by atoms with Crippen LogP contribution in [-0.4, -0.2) is 60.3 Å². The minimum Gasteiger partial charge on any atom is -0.481 e. The van der Waals surface area contributed by atoms with Gasteiger partial charge in [-0.3, -0.25) is 9.59 Å². The summed E-state index contributed by atoms with van der Waals surface area (Å²) >= 11 is 0. The highest BCUT2D eigenvalue weighted by Crippen LogP contribution is 2.24. The fourth-order valence-electron chi connectivity index (χ4n) is 3.51. The number of hydrogen-bond donors (Lipinski definition) is 1. The van der Waals surface area contributed by atoms with Crippen molar-refractivity contribution in [2.45, 2.75) is 56.9 Å². The van der Waals surface area contributed by atoms with Crippen LogP contribution in [0.15, 0.2) is 29.2 Å². The van der Waals surface area contributed by atoms with Gasteiger partial charge in [0.1, 0.15) is 0 Å². The number of benzene rings is 1. The van der Waals surface area contributed by atoms with Crippen molar-refractivity contribution in [3.8, 4) is 0 Å². The smallest absolute Gasteiger partial charge is 0.303 e. The highest BCUT2D eigenvalue weighted by molar-refractivity contribution is 7.89. The molecule has 1 heterocycles. The van der Waals surface area contributed by atoms with E-state index < -0.39 is 16.0 Å². The Morgan fingerprint density at radius 2 is 1.78 bits per heavy atom. The molecular weight excluding hydrogens is 368 g/mol. The monoisotopic (exact) mass is 396 g/mol. The summed E-state index contributed by atoms with van der Waals surface area (Å²) in [6.07, 6.45) is 3.15. The SMILES string of the molecule is CCN(CC)S(=O)(=O)c1ccc(C(=O)N2CCCCC2CCC(=O)O)cc1. The van der Waals surface area contributed by atoms with Gasteiger partial charge in [0.05, 0.1) is 4.90 Å². The van der Waals surface area contributed by atoms with E-state index in [0.717, 1.165) is 19.3 Å². The van der Waals surface area contributed by atoms with Crippen LogP contribution in [0.2, 0.25) is 0 Å². The van der Waals surface area contributed by atoms with Crippen molar-refractivity contribution in [2.75, 3.05) is 19.6 Å². The number of amides is 1. The fraction of sp³-hybridized carbons (Fsp3) is 0.579. The van der Waals surface area contributed by atoms with Crippen LogP contribution in [0.4, 0.5) is 0 Å². The van der Waals surface area contributed by atoms with Crippen LogP contribution in [0, 0.1) is 0 Å². The molecule has 1 aliphatic rings. The van der Waals surface area contributed by atoms with Gasteiger partial charge in [-0.25, -0.2) is 8.42 Å². The Kier molecular flexibility index (Phi) is 7.38. The summed E-state index contributed by atoms with van der Waals surface area (Å²) in [5.74, 6) is -1.03. The summed E-state index contributed by atoms with van der Waals surface area (Å²) in [4.78, 5) is 25.6. The third-order valence-corrected chi connectivity index (χ3v) is 7.09.